The molecule has 0 radical (unpaired) electrons. The van der Waals surface area contributed by atoms with Crippen molar-refractivity contribution < 1.29 is 14.4 Å². The average Bonchev–Trinajstić information content (AvgIpc) is 2.47. The van der Waals surface area contributed by atoms with Gasteiger partial charge in [-0.2, -0.15) is 0 Å². The van der Waals surface area contributed by atoms with Crippen molar-refractivity contribution in [3.05, 3.63) is 42.0 Å². The molecular weight excluding hydrogens is 250 g/mol. The molecule has 1 fully saturated rings. The van der Waals surface area contributed by atoms with E-state index >= 15 is 0 Å². The van der Waals surface area contributed by atoms with Crippen LogP contribution in [0.25, 0.3) is 6.08 Å². The molecule has 20 heavy (non-hydrogen) atoms. The van der Waals surface area contributed by atoms with E-state index in [9.17, 15) is 4.79 Å². The lowest BCUT2D eigenvalue weighted by molar-refractivity contribution is -0.907. The molecule has 0 bridgehead atoms. The Bertz CT molecular complexity index is 436. The number of hydrogen-bond donors (Lipinski definition) is 1. The third-order valence-corrected chi connectivity index (χ3v) is 3.67. The first-order valence-electron chi connectivity index (χ1n) is 7.51. The van der Waals surface area contributed by atoms with Crippen molar-refractivity contribution >= 4 is 12.0 Å². The molecule has 0 saturated carbocycles. The fraction of sp³-hybridized carbons (Fsp3) is 0.471. The van der Waals surface area contributed by atoms with Crippen LogP contribution in [0.15, 0.2) is 36.4 Å². The van der Waals surface area contributed by atoms with Gasteiger partial charge in [0.1, 0.15) is 12.6 Å². The number of nitrogens with one attached hydrogen (secondary N) is 1. The smallest absolute Gasteiger partial charge is 0.331 e. The van der Waals surface area contributed by atoms with Crippen LogP contribution in [0.3, 0.4) is 0 Å². The molecule has 1 heterocycles. The molecule has 1 unspecified atom stereocenters. The van der Waals surface area contributed by atoms with Crippen LogP contribution in [0.2, 0.25) is 0 Å². The first-order valence-corrected chi connectivity index (χ1v) is 7.51. The number of carbonyl (C=O) groups excluding carboxylic acids is 1. The molecule has 108 valence electrons. The quantitative estimate of drug-likeness (QED) is 0.654. The van der Waals surface area contributed by atoms with Gasteiger partial charge in [0.2, 0.25) is 0 Å². The Hall–Kier alpha value is -1.61. The first-order chi connectivity index (χ1) is 9.74. The highest BCUT2D eigenvalue weighted by atomic mass is 16.5. The van der Waals surface area contributed by atoms with Crippen molar-refractivity contribution in [1.82, 2.24) is 0 Å². The van der Waals surface area contributed by atoms with Crippen LogP contribution in [0, 0.1) is 0 Å². The molecule has 1 saturated heterocycles. The van der Waals surface area contributed by atoms with Crippen molar-refractivity contribution in [2.45, 2.75) is 32.3 Å². The summed E-state index contributed by atoms with van der Waals surface area (Å²) in [6.45, 7) is 5.32. The summed E-state index contributed by atoms with van der Waals surface area (Å²) in [7, 11) is 0. The molecule has 0 aliphatic carbocycles. The van der Waals surface area contributed by atoms with Crippen molar-refractivity contribution in [2.75, 3.05) is 19.6 Å². The zero-order chi connectivity index (χ0) is 14.2. The largest absolute Gasteiger partial charge is 0.454 e. The second kappa shape index (κ2) is 7.85. The number of benzene rings is 1. The molecule has 1 aliphatic heterocycles. The molecular formula is C17H24NO2+. The number of ether oxygens (including phenoxy) is 1. The summed E-state index contributed by atoms with van der Waals surface area (Å²) in [6, 6.07) is 9.79. The van der Waals surface area contributed by atoms with E-state index in [1.807, 2.05) is 37.3 Å². The number of piperidine rings is 1. The number of quaternary nitrogens is 1. The van der Waals surface area contributed by atoms with Crippen LogP contribution < -0.4 is 4.90 Å². The average molecular weight is 274 g/mol. The Kier molecular flexibility index (Phi) is 5.81. The summed E-state index contributed by atoms with van der Waals surface area (Å²) in [5.41, 5.74) is 1.01. The van der Waals surface area contributed by atoms with E-state index in [1.54, 1.807) is 11.0 Å². The fourth-order valence-electron chi connectivity index (χ4n) is 2.67. The number of likely N-dealkylation sites (tertiary alicyclic amines) is 1. The van der Waals surface area contributed by atoms with Crippen LogP contribution in [0.1, 0.15) is 31.7 Å². The topological polar surface area (TPSA) is 30.7 Å². The lowest BCUT2D eigenvalue weighted by Crippen LogP contribution is -3.13. The van der Waals surface area contributed by atoms with E-state index in [0.717, 1.165) is 12.1 Å². The van der Waals surface area contributed by atoms with E-state index in [1.165, 1.54) is 38.4 Å². The van der Waals surface area contributed by atoms with Crippen molar-refractivity contribution in [3.8, 4) is 0 Å². The van der Waals surface area contributed by atoms with E-state index in [-0.39, 0.29) is 12.1 Å². The van der Waals surface area contributed by atoms with E-state index in [2.05, 4.69) is 0 Å². The molecule has 1 N–H and O–H groups in total. The third kappa shape index (κ3) is 5.17. The molecule has 1 atom stereocenters. The number of hydrogen-bond acceptors (Lipinski definition) is 2. The highest BCUT2D eigenvalue weighted by Gasteiger charge is 2.18. The van der Waals surface area contributed by atoms with Crippen LogP contribution >= 0.6 is 0 Å². The minimum Gasteiger partial charge on any atom is -0.454 e. The summed E-state index contributed by atoms with van der Waals surface area (Å²) >= 11 is 0. The highest BCUT2D eigenvalue weighted by molar-refractivity contribution is 5.87. The minimum atomic E-state index is -0.252. The van der Waals surface area contributed by atoms with Gasteiger partial charge in [-0.25, -0.2) is 4.79 Å². The Morgan fingerprint density at radius 3 is 2.65 bits per heavy atom. The van der Waals surface area contributed by atoms with Gasteiger partial charge in [0.15, 0.2) is 0 Å². The van der Waals surface area contributed by atoms with Crippen LogP contribution in [-0.4, -0.2) is 31.7 Å². The summed E-state index contributed by atoms with van der Waals surface area (Å²) < 4.78 is 5.43. The molecule has 3 nitrogen and oxygen atoms in total. The summed E-state index contributed by atoms with van der Waals surface area (Å²) in [5.74, 6) is -0.252. The molecule has 0 spiro atoms. The molecule has 1 aliphatic rings. The maximum atomic E-state index is 11.8. The molecule has 2 rings (SSSR count). The predicted molar refractivity (Wildman–Crippen MR) is 80.4 cm³/mol. The number of carbonyl (C=O) groups is 1. The molecule has 1 aromatic rings. The monoisotopic (exact) mass is 274 g/mol. The zero-order valence-corrected chi connectivity index (χ0v) is 12.2. The van der Waals surface area contributed by atoms with Gasteiger partial charge in [0.25, 0.3) is 0 Å². The van der Waals surface area contributed by atoms with Gasteiger partial charge in [-0.05, 0) is 37.8 Å². The molecule has 0 amide bonds. The Morgan fingerprint density at radius 2 is 1.95 bits per heavy atom. The Morgan fingerprint density at radius 1 is 1.25 bits per heavy atom. The summed E-state index contributed by atoms with van der Waals surface area (Å²) in [6.07, 6.45) is 7.22. The Labute approximate surface area is 121 Å². The SMILES string of the molecule is CC(C[NH+]1CCCCC1)OC(=O)C=Cc1ccccc1. The van der Waals surface area contributed by atoms with Gasteiger partial charge < -0.3 is 9.64 Å². The van der Waals surface area contributed by atoms with Gasteiger partial charge in [-0.1, -0.05) is 30.3 Å². The van der Waals surface area contributed by atoms with Gasteiger partial charge in [0.05, 0.1) is 13.1 Å². The van der Waals surface area contributed by atoms with Crippen LogP contribution in [0.5, 0.6) is 0 Å². The number of rotatable bonds is 5. The molecule has 1 aromatic carbocycles. The zero-order valence-electron chi connectivity index (χ0n) is 12.2. The second-order valence-electron chi connectivity index (χ2n) is 5.51. The maximum absolute atomic E-state index is 11.8. The van der Waals surface area contributed by atoms with E-state index < -0.39 is 0 Å². The third-order valence-electron chi connectivity index (χ3n) is 3.67. The van der Waals surface area contributed by atoms with E-state index in [4.69, 9.17) is 4.74 Å². The van der Waals surface area contributed by atoms with Gasteiger partial charge in [-0.3, -0.25) is 0 Å². The van der Waals surface area contributed by atoms with E-state index in [0.29, 0.717) is 0 Å². The normalized spacial score (nSPS) is 18.1. The Balaban J connectivity index is 1.74. The standard InChI is InChI=1S/C17H23NO2/c1-15(14-18-12-6-3-7-13-18)20-17(19)11-10-16-8-4-2-5-9-16/h2,4-5,8-11,15H,3,6-7,12-14H2,1H3/p+1. The van der Waals surface area contributed by atoms with Crippen molar-refractivity contribution in [3.63, 3.8) is 0 Å². The van der Waals surface area contributed by atoms with Crippen molar-refractivity contribution in [1.29, 1.82) is 0 Å². The summed E-state index contributed by atoms with van der Waals surface area (Å²) in [4.78, 5) is 13.3. The minimum absolute atomic E-state index is 0.0176. The molecule has 3 heteroatoms. The summed E-state index contributed by atoms with van der Waals surface area (Å²) in [5, 5.41) is 0. The molecule has 0 aromatic heterocycles. The number of esters is 1. The van der Waals surface area contributed by atoms with Gasteiger partial charge >= 0.3 is 5.97 Å². The second-order valence-corrected chi connectivity index (χ2v) is 5.51. The highest BCUT2D eigenvalue weighted by Crippen LogP contribution is 2.02. The fourth-order valence-corrected chi connectivity index (χ4v) is 2.67. The van der Waals surface area contributed by atoms with Gasteiger partial charge in [-0.15, -0.1) is 0 Å². The van der Waals surface area contributed by atoms with Crippen LogP contribution in [0.4, 0.5) is 0 Å². The first kappa shape index (κ1) is 14.8. The lowest BCUT2D eigenvalue weighted by Gasteiger charge is -2.25. The van der Waals surface area contributed by atoms with Gasteiger partial charge in [0, 0.05) is 6.08 Å². The maximum Gasteiger partial charge on any atom is 0.331 e. The van der Waals surface area contributed by atoms with Crippen molar-refractivity contribution in [2.24, 2.45) is 0 Å². The predicted octanol–water partition coefficient (Wildman–Crippen LogP) is 1.70. The lowest BCUT2D eigenvalue weighted by atomic mass is 10.1. The van der Waals surface area contributed by atoms with Crippen LogP contribution in [-0.2, 0) is 9.53 Å².